The smallest absolute Gasteiger partial charge is 0.338 e. The molecule has 19 nitrogen and oxygen atoms in total. The van der Waals surface area contributed by atoms with E-state index in [0.717, 1.165) is 30.3 Å². The number of aromatic carboxylic acids is 1. The number of carboxylic acid groups (broad SMARTS) is 1. The van der Waals surface area contributed by atoms with Crippen LogP contribution in [0.4, 0.5) is 31.7 Å². The summed E-state index contributed by atoms with van der Waals surface area (Å²) in [7, 11) is -15.5. The lowest BCUT2D eigenvalue weighted by Crippen LogP contribution is -2.10. The molecule has 4 rings (SSSR count). The van der Waals surface area contributed by atoms with Gasteiger partial charge in [-0.25, -0.2) is 4.79 Å². The van der Waals surface area contributed by atoms with Crippen molar-refractivity contribution in [2.45, 2.75) is 14.7 Å². The summed E-state index contributed by atoms with van der Waals surface area (Å²) in [5.74, 6) is -5.80. The zero-order valence-electron chi connectivity index (χ0n) is 23.4. The van der Waals surface area contributed by atoms with E-state index in [0.29, 0.717) is 6.07 Å². The first-order valence-electron chi connectivity index (χ1n) is 12.3. The highest BCUT2D eigenvalue weighted by atomic mass is 35.5. The second kappa shape index (κ2) is 13.7. The van der Waals surface area contributed by atoms with Gasteiger partial charge in [-0.2, -0.15) is 49.1 Å². The molecule has 0 aliphatic carbocycles. The quantitative estimate of drug-likeness (QED) is 0.0176. The number of halogens is 3. The summed E-state index contributed by atoms with van der Waals surface area (Å²) in [5.41, 5.74) is -0.709. The normalized spacial score (nSPS) is 12.7. The molecule has 7 N–H and O–H groups in total. The number of anilines is 3. The number of benzene rings is 3. The van der Waals surface area contributed by atoms with Crippen molar-refractivity contribution in [2.75, 3.05) is 10.7 Å². The first-order chi connectivity index (χ1) is 22.7. The Morgan fingerprint density at radius 1 is 0.837 bits per heavy atom. The number of phenolic OH excluding ortho intramolecular Hbond substituents is 1. The molecule has 0 aliphatic heterocycles. The monoisotopic (exact) mass is 763 g/mol. The van der Waals surface area contributed by atoms with Gasteiger partial charge < -0.3 is 15.5 Å². The molecule has 0 spiro atoms. The number of aromatic hydroxyl groups is 1. The first-order valence-corrected chi connectivity index (χ1v) is 17.0. The fourth-order valence-corrected chi connectivity index (χ4v) is 5.78. The molecule has 0 radical (unpaired) electrons. The van der Waals surface area contributed by atoms with Crippen LogP contribution in [0.1, 0.15) is 15.9 Å². The van der Waals surface area contributed by atoms with Gasteiger partial charge in [0.15, 0.2) is 11.6 Å². The Bertz CT molecular complexity index is 2410. The van der Waals surface area contributed by atoms with Crippen molar-refractivity contribution in [3.8, 4) is 5.75 Å². The van der Waals surface area contributed by atoms with E-state index in [1.165, 1.54) is 12.1 Å². The fraction of sp³-hybridized carbons (Fsp3) is 0. The lowest BCUT2D eigenvalue weighted by atomic mass is 10.1. The van der Waals surface area contributed by atoms with E-state index in [2.05, 4.69) is 30.6 Å². The van der Waals surface area contributed by atoms with Crippen molar-refractivity contribution < 1.29 is 62.7 Å². The van der Waals surface area contributed by atoms with Crippen LogP contribution in [0.2, 0.25) is 5.02 Å². The molecular formula is C24H16ClF2N7O12S3. The largest absolute Gasteiger partial charge is 0.504 e. The van der Waals surface area contributed by atoms with Crippen LogP contribution in [0.3, 0.4) is 0 Å². The van der Waals surface area contributed by atoms with Crippen LogP contribution in [0.25, 0.3) is 0 Å². The first kappa shape index (κ1) is 36.6. The Morgan fingerprint density at radius 3 is 2.10 bits per heavy atom. The van der Waals surface area contributed by atoms with Crippen LogP contribution in [-0.2, 0) is 30.4 Å². The summed E-state index contributed by atoms with van der Waals surface area (Å²) in [5, 5.41) is 33.0. The van der Waals surface area contributed by atoms with Gasteiger partial charge in [-0.1, -0.05) is 23.7 Å². The third kappa shape index (κ3) is 8.62. The molecule has 258 valence electrons. The minimum atomic E-state index is -5.33. The van der Waals surface area contributed by atoms with Crippen LogP contribution in [0.15, 0.2) is 84.6 Å². The van der Waals surface area contributed by atoms with E-state index in [1.807, 2.05) is 5.43 Å². The molecule has 0 saturated heterocycles. The number of carbonyl (C=O) groups is 1. The Kier molecular flexibility index (Phi) is 10.2. The van der Waals surface area contributed by atoms with Crippen LogP contribution in [-0.4, -0.2) is 70.9 Å². The SMILES string of the molecule is O=C(O)c1cc(Nc2nc(F)nc(F)c2Cl)ccc1N=NC(=NNc1cc(S(=O)(=O)O)cc(S(=O)(=O)O)c1O)c1ccccc1S(=O)(=O)O. The number of nitrogens with zero attached hydrogens (tertiary/aromatic N) is 5. The van der Waals surface area contributed by atoms with Crippen molar-refractivity contribution >= 4 is 76.6 Å². The highest BCUT2D eigenvalue weighted by Crippen LogP contribution is 2.35. The summed E-state index contributed by atoms with van der Waals surface area (Å²) in [4.78, 5) is 14.7. The molecule has 4 aromatic rings. The van der Waals surface area contributed by atoms with Crippen molar-refractivity contribution in [3.63, 3.8) is 0 Å². The number of hydrogen-bond donors (Lipinski definition) is 7. The van der Waals surface area contributed by atoms with E-state index in [9.17, 15) is 62.7 Å². The number of rotatable bonds is 10. The van der Waals surface area contributed by atoms with E-state index in [1.54, 1.807) is 0 Å². The highest BCUT2D eigenvalue weighted by Gasteiger charge is 2.25. The third-order valence-corrected chi connectivity index (χ3v) is 8.78. The fourth-order valence-electron chi connectivity index (χ4n) is 3.73. The molecule has 0 unspecified atom stereocenters. The molecule has 25 heteroatoms. The van der Waals surface area contributed by atoms with E-state index in [-0.39, 0.29) is 11.8 Å². The van der Waals surface area contributed by atoms with Crippen LogP contribution in [0, 0.1) is 12.0 Å². The molecule has 1 heterocycles. The lowest BCUT2D eigenvalue weighted by molar-refractivity contribution is 0.0697. The summed E-state index contributed by atoms with van der Waals surface area (Å²) < 4.78 is 127. The second-order valence-corrected chi connectivity index (χ2v) is 13.7. The topological polar surface area (TPSA) is 308 Å². The number of azo groups is 1. The zero-order chi connectivity index (χ0) is 36.5. The average Bonchev–Trinajstić information content (AvgIpc) is 2.99. The van der Waals surface area contributed by atoms with Gasteiger partial charge in [0.05, 0.1) is 10.5 Å². The Morgan fingerprint density at radius 2 is 1.49 bits per heavy atom. The molecule has 3 aromatic carbocycles. The average molecular weight is 764 g/mol. The van der Waals surface area contributed by atoms with E-state index in [4.69, 9.17) is 11.6 Å². The molecule has 1 aromatic heterocycles. The lowest BCUT2D eigenvalue weighted by Gasteiger charge is -2.11. The molecule has 0 fully saturated rings. The van der Waals surface area contributed by atoms with Crippen molar-refractivity contribution in [3.05, 3.63) is 82.8 Å². The summed E-state index contributed by atoms with van der Waals surface area (Å²) in [6, 6.07) is 8.03. The van der Waals surface area contributed by atoms with Crippen LogP contribution in [0.5, 0.6) is 5.75 Å². The van der Waals surface area contributed by atoms with Crippen LogP contribution >= 0.6 is 11.6 Å². The summed E-state index contributed by atoms with van der Waals surface area (Å²) in [6.07, 6.45) is -1.49. The zero-order valence-corrected chi connectivity index (χ0v) is 26.6. The third-order valence-electron chi connectivity index (χ3n) is 5.84. The predicted molar refractivity (Wildman–Crippen MR) is 162 cm³/mol. The summed E-state index contributed by atoms with van der Waals surface area (Å²) in [6.45, 7) is 0. The number of hydrogen-bond acceptors (Lipinski definition) is 14. The maximum Gasteiger partial charge on any atom is 0.338 e. The van der Waals surface area contributed by atoms with Gasteiger partial charge in [-0.05, 0) is 42.5 Å². The number of amidine groups is 1. The maximum atomic E-state index is 13.7. The van der Waals surface area contributed by atoms with Gasteiger partial charge in [-0.3, -0.25) is 19.1 Å². The minimum absolute atomic E-state index is 0.133. The standard InChI is InChI=1S/C24H16ClF2N7O12S3/c25-18-20(26)29-24(27)30-22(18)28-10-5-6-14(13(7-10)23(36)37)31-33-21(12-3-1-2-4-16(12)48(41,42)43)34-32-15-8-11(47(38,39)40)9-17(19(15)35)49(44,45)46/h1-9,32,35H,(H,36,37)(H,28,29,30)(H,38,39,40)(H,41,42,43)(H,44,45,46). The molecule has 0 amide bonds. The van der Waals surface area contributed by atoms with Crippen LogP contribution < -0.4 is 10.7 Å². The van der Waals surface area contributed by atoms with Gasteiger partial charge in [0.1, 0.15) is 26.2 Å². The number of hydrazone groups is 1. The van der Waals surface area contributed by atoms with Gasteiger partial charge in [0.25, 0.3) is 30.4 Å². The minimum Gasteiger partial charge on any atom is -0.504 e. The molecule has 0 saturated carbocycles. The summed E-state index contributed by atoms with van der Waals surface area (Å²) >= 11 is 5.72. The van der Waals surface area contributed by atoms with Crippen molar-refractivity contribution in [1.82, 2.24) is 9.97 Å². The molecular weight excluding hydrogens is 748 g/mol. The highest BCUT2D eigenvalue weighted by molar-refractivity contribution is 7.86. The molecule has 0 atom stereocenters. The van der Waals surface area contributed by atoms with Gasteiger partial charge in [0.2, 0.25) is 11.8 Å². The number of nitrogens with one attached hydrogen (secondary N) is 2. The maximum absolute atomic E-state index is 13.7. The van der Waals surface area contributed by atoms with Gasteiger partial charge >= 0.3 is 12.0 Å². The Balaban J connectivity index is 1.86. The number of carboxylic acids is 1. The van der Waals surface area contributed by atoms with Gasteiger partial charge in [-0.15, -0.1) is 10.2 Å². The van der Waals surface area contributed by atoms with Crippen molar-refractivity contribution in [2.24, 2.45) is 15.3 Å². The number of aromatic nitrogens is 2. The van der Waals surface area contributed by atoms with E-state index < -0.39 is 108 Å². The van der Waals surface area contributed by atoms with Gasteiger partial charge in [0, 0.05) is 11.3 Å². The van der Waals surface area contributed by atoms with E-state index >= 15 is 0 Å². The Labute approximate surface area is 277 Å². The predicted octanol–water partition coefficient (Wildman–Crippen LogP) is 3.85. The number of phenols is 1. The molecule has 0 bridgehead atoms. The molecule has 0 aliphatic rings. The Hall–Kier alpha value is -5.24. The molecule has 49 heavy (non-hydrogen) atoms. The second-order valence-electron chi connectivity index (χ2n) is 9.09. The van der Waals surface area contributed by atoms with Crippen molar-refractivity contribution in [1.29, 1.82) is 0 Å².